The number of hydrogen-bond acceptors (Lipinski definition) is 2. The van der Waals surface area contributed by atoms with Crippen molar-refractivity contribution in [1.29, 1.82) is 0 Å². The highest BCUT2D eigenvalue weighted by Crippen LogP contribution is 2.21. The van der Waals surface area contributed by atoms with Crippen LogP contribution in [0.3, 0.4) is 0 Å². The van der Waals surface area contributed by atoms with E-state index in [1.165, 1.54) is 18.2 Å². The molecule has 1 rings (SSSR count). The summed E-state index contributed by atoms with van der Waals surface area (Å²) < 4.78 is 26.4. The Morgan fingerprint density at radius 2 is 1.93 bits per heavy atom. The lowest BCUT2D eigenvalue weighted by Gasteiger charge is -2.12. The van der Waals surface area contributed by atoms with Crippen LogP contribution in [0, 0.1) is 11.6 Å². The molecule has 0 bridgehead atoms. The van der Waals surface area contributed by atoms with Crippen molar-refractivity contribution in [3.05, 3.63) is 35.4 Å². The van der Waals surface area contributed by atoms with Crippen molar-refractivity contribution >= 4 is 11.8 Å². The Labute approximate surface area is 86.7 Å². The molecule has 0 aliphatic rings. The van der Waals surface area contributed by atoms with Crippen LogP contribution in [0.4, 0.5) is 8.78 Å². The van der Waals surface area contributed by atoms with Crippen LogP contribution in [0.5, 0.6) is 0 Å². The highest BCUT2D eigenvalue weighted by atomic mass is 32.2. The summed E-state index contributed by atoms with van der Waals surface area (Å²) in [5.41, 5.74) is 5.68. The highest BCUT2D eigenvalue weighted by Gasteiger charge is 2.15. The zero-order chi connectivity index (χ0) is 10.6. The molecule has 0 aliphatic heterocycles. The van der Waals surface area contributed by atoms with Crippen LogP contribution >= 0.6 is 11.8 Å². The molecule has 1 aromatic carbocycles. The van der Waals surface area contributed by atoms with Crippen molar-refractivity contribution in [2.24, 2.45) is 5.73 Å². The minimum Gasteiger partial charge on any atom is -0.323 e. The maximum absolute atomic E-state index is 13.2. The molecule has 14 heavy (non-hydrogen) atoms. The van der Waals surface area contributed by atoms with E-state index in [-0.39, 0.29) is 5.56 Å². The van der Waals surface area contributed by atoms with Crippen molar-refractivity contribution in [2.45, 2.75) is 13.0 Å². The second-order valence-corrected chi connectivity index (χ2v) is 4.22. The Balaban J connectivity index is 2.82. The average molecular weight is 217 g/mol. The van der Waals surface area contributed by atoms with Gasteiger partial charge in [0.25, 0.3) is 0 Å². The number of rotatable bonds is 4. The summed E-state index contributed by atoms with van der Waals surface area (Å²) in [6.45, 7) is 1.98. The van der Waals surface area contributed by atoms with Crippen molar-refractivity contribution in [3.63, 3.8) is 0 Å². The van der Waals surface area contributed by atoms with Gasteiger partial charge in [0, 0.05) is 17.4 Å². The lowest BCUT2D eigenvalue weighted by Crippen LogP contribution is -2.16. The maximum Gasteiger partial charge on any atom is 0.130 e. The SMILES string of the molecule is CCSCC(N)c1c(F)cccc1F. The second-order valence-electron chi connectivity index (χ2n) is 2.90. The Bertz CT molecular complexity index is 284. The predicted molar refractivity (Wildman–Crippen MR) is 56.3 cm³/mol. The molecule has 0 heterocycles. The number of nitrogens with two attached hydrogens (primary N) is 1. The van der Waals surface area contributed by atoms with Crippen molar-refractivity contribution < 1.29 is 8.78 Å². The molecule has 0 saturated heterocycles. The maximum atomic E-state index is 13.2. The predicted octanol–water partition coefficient (Wildman–Crippen LogP) is 2.72. The lowest BCUT2D eigenvalue weighted by molar-refractivity contribution is 0.538. The van der Waals surface area contributed by atoms with Gasteiger partial charge in [-0.15, -0.1) is 0 Å². The molecule has 0 aromatic heterocycles. The van der Waals surface area contributed by atoms with Gasteiger partial charge in [0.05, 0.1) is 0 Å². The zero-order valence-corrected chi connectivity index (χ0v) is 8.78. The van der Waals surface area contributed by atoms with Gasteiger partial charge < -0.3 is 5.73 Å². The minimum absolute atomic E-state index is 0.00606. The summed E-state index contributed by atoms with van der Waals surface area (Å²) in [6, 6.07) is 3.23. The molecular formula is C10H13F2NS. The van der Waals surface area contributed by atoms with E-state index in [0.29, 0.717) is 5.75 Å². The molecule has 0 saturated carbocycles. The molecule has 1 unspecified atom stereocenters. The first kappa shape index (κ1) is 11.5. The van der Waals surface area contributed by atoms with E-state index in [9.17, 15) is 8.78 Å². The summed E-state index contributed by atoms with van der Waals surface area (Å²) >= 11 is 1.57. The molecule has 1 nitrogen and oxygen atoms in total. The van der Waals surface area contributed by atoms with Gasteiger partial charge in [0.15, 0.2) is 0 Å². The van der Waals surface area contributed by atoms with E-state index in [4.69, 9.17) is 5.73 Å². The molecule has 1 atom stereocenters. The van der Waals surface area contributed by atoms with E-state index in [2.05, 4.69) is 0 Å². The second kappa shape index (κ2) is 5.32. The number of halogens is 2. The van der Waals surface area contributed by atoms with Crippen molar-refractivity contribution in [3.8, 4) is 0 Å². The van der Waals surface area contributed by atoms with Crippen LogP contribution in [0.2, 0.25) is 0 Å². The van der Waals surface area contributed by atoms with Gasteiger partial charge in [0.2, 0.25) is 0 Å². The van der Waals surface area contributed by atoms with Crippen LogP contribution < -0.4 is 5.73 Å². The van der Waals surface area contributed by atoms with Crippen LogP contribution in [0.25, 0.3) is 0 Å². The first-order chi connectivity index (χ1) is 6.66. The fraction of sp³-hybridized carbons (Fsp3) is 0.400. The van der Waals surface area contributed by atoms with Crippen LogP contribution in [0.1, 0.15) is 18.5 Å². The molecule has 1 aromatic rings. The molecule has 4 heteroatoms. The third-order valence-corrected chi connectivity index (χ3v) is 2.88. The first-order valence-corrected chi connectivity index (χ1v) is 5.59. The van der Waals surface area contributed by atoms with Crippen LogP contribution in [-0.2, 0) is 0 Å². The topological polar surface area (TPSA) is 26.0 Å². The van der Waals surface area contributed by atoms with E-state index in [1.54, 1.807) is 11.8 Å². The zero-order valence-electron chi connectivity index (χ0n) is 7.97. The third kappa shape index (κ3) is 2.69. The summed E-state index contributed by atoms with van der Waals surface area (Å²) in [5.74, 6) is 0.307. The van der Waals surface area contributed by atoms with Gasteiger partial charge in [-0.3, -0.25) is 0 Å². The smallest absolute Gasteiger partial charge is 0.130 e. The summed E-state index contributed by atoms with van der Waals surface area (Å²) in [7, 11) is 0. The molecule has 2 N–H and O–H groups in total. The van der Waals surface area contributed by atoms with Gasteiger partial charge in [-0.25, -0.2) is 8.78 Å². The van der Waals surface area contributed by atoms with Crippen LogP contribution in [-0.4, -0.2) is 11.5 Å². The Morgan fingerprint density at radius 1 is 1.36 bits per heavy atom. The van der Waals surface area contributed by atoms with E-state index in [0.717, 1.165) is 5.75 Å². The largest absolute Gasteiger partial charge is 0.323 e. The van der Waals surface area contributed by atoms with Gasteiger partial charge in [-0.2, -0.15) is 11.8 Å². The quantitative estimate of drug-likeness (QED) is 0.839. The molecule has 0 radical (unpaired) electrons. The van der Waals surface area contributed by atoms with Crippen molar-refractivity contribution in [1.82, 2.24) is 0 Å². The minimum atomic E-state index is -0.568. The van der Waals surface area contributed by atoms with Gasteiger partial charge >= 0.3 is 0 Å². The highest BCUT2D eigenvalue weighted by molar-refractivity contribution is 7.99. The number of hydrogen-bond donors (Lipinski definition) is 1. The van der Waals surface area contributed by atoms with Crippen LogP contribution in [0.15, 0.2) is 18.2 Å². The molecule has 0 fully saturated rings. The monoisotopic (exact) mass is 217 g/mol. The van der Waals surface area contributed by atoms with Crippen molar-refractivity contribution in [2.75, 3.05) is 11.5 Å². The third-order valence-electron chi connectivity index (χ3n) is 1.87. The Hall–Kier alpha value is -0.610. The molecule has 0 spiro atoms. The summed E-state index contributed by atoms with van der Waals surface area (Å²) in [4.78, 5) is 0. The van der Waals surface area contributed by atoms with Gasteiger partial charge in [-0.1, -0.05) is 13.0 Å². The number of thioether (sulfide) groups is 1. The summed E-state index contributed by atoms with van der Waals surface area (Å²) in [6.07, 6.45) is 0. The van der Waals surface area contributed by atoms with Gasteiger partial charge in [-0.05, 0) is 17.9 Å². The van der Waals surface area contributed by atoms with E-state index >= 15 is 0 Å². The summed E-state index contributed by atoms with van der Waals surface area (Å²) in [5, 5.41) is 0. The Morgan fingerprint density at radius 3 is 2.43 bits per heavy atom. The molecular weight excluding hydrogens is 204 g/mol. The average Bonchev–Trinajstić information content (AvgIpc) is 2.14. The fourth-order valence-electron chi connectivity index (χ4n) is 1.19. The Kier molecular flexibility index (Phi) is 4.35. The van der Waals surface area contributed by atoms with E-state index in [1.807, 2.05) is 6.92 Å². The normalized spacial score (nSPS) is 12.9. The lowest BCUT2D eigenvalue weighted by atomic mass is 10.1. The molecule has 0 aliphatic carbocycles. The first-order valence-electron chi connectivity index (χ1n) is 4.44. The standard InChI is InChI=1S/C10H13F2NS/c1-2-14-6-9(13)10-7(11)4-3-5-8(10)12/h3-5,9H,2,6,13H2,1H3. The fourth-order valence-corrected chi connectivity index (χ4v) is 1.85. The molecule has 78 valence electrons. The number of benzene rings is 1. The van der Waals surface area contributed by atoms with Gasteiger partial charge in [0.1, 0.15) is 11.6 Å². The van der Waals surface area contributed by atoms with E-state index < -0.39 is 17.7 Å². The molecule has 0 amide bonds.